The maximum absolute atomic E-state index is 12.3. The van der Waals surface area contributed by atoms with Crippen LogP contribution < -0.4 is 0 Å². The fraction of sp³-hybridized carbons (Fsp3) is 0.806. The Kier molecular flexibility index (Phi) is 20.3. The number of ether oxygens (including phenoxy) is 2. The van der Waals surface area contributed by atoms with Gasteiger partial charge in [0.25, 0.3) is 0 Å². The number of unbranched alkanes of at least 4 members (excludes halogenated alkanes) is 8. The van der Waals surface area contributed by atoms with E-state index < -0.39 is 0 Å². The molecular weight excluding hydrogens is 450 g/mol. The van der Waals surface area contributed by atoms with Gasteiger partial charge < -0.3 is 14.4 Å². The Hall–Kier alpha value is -1.62. The van der Waals surface area contributed by atoms with Crippen LogP contribution in [0.4, 0.5) is 0 Å². The molecule has 1 heterocycles. The molecule has 0 aromatic rings. The zero-order chi connectivity index (χ0) is 26.3. The van der Waals surface area contributed by atoms with E-state index in [1.54, 1.807) is 0 Å². The van der Waals surface area contributed by atoms with Crippen LogP contribution >= 0.6 is 0 Å². The summed E-state index contributed by atoms with van der Waals surface area (Å²) in [6.45, 7) is 10.1. The van der Waals surface area contributed by atoms with Gasteiger partial charge in [0.1, 0.15) is 0 Å². The molecule has 1 rings (SSSR count). The van der Waals surface area contributed by atoms with Crippen molar-refractivity contribution in [1.82, 2.24) is 4.90 Å². The number of hydrogen-bond acceptors (Lipinski definition) is 5. The Morgan fingerprint density at radius 3 is 2.08 bits per heavy atom. The van der Waals surface area contributed by atoms with Crippen LogP contribution in [0.25, 0.3) is 0 Å². The summed E-state index contributed by atoms with van der Waals surface area (Å²) in [5.41, 5.74) is 0. The minimum atomic E-state index is -0.137. The number of likely N-dealkylation sites (tertiary alicyclic amines) is 1. The molecule has 1 atom stereocenters. The average Bonchev–Trinajstić information content (AvgIpc) is 2.89. The monoisotopic (exact) mass is 505 g/mol. The Balaban J connectivity index is 1.93. The van der Waals surface area contributed by atoms with Crippen LogP contribution in [0.15, 0.2) is 24.3 Å². The van der Waals surface area contributed by atoms with Gasteiger partial charge >= 0.3 is 11.9 Å². The largest absolute Gasteiger partial charge is 0.465 e. The molecule has 5 heteroatoms. The highest BCUT2D eigenvalue weighted by molar-refractivity contribution is 5.72. The number of carbonyl (C=O) groups excluding carboxylic acids is 2. The second-order valence-corrected chi connectivity index (χ2v) is 10.5. The second kappa shape index (κ2) is 22.6. The molecular formula is C31H55NO4. The number of rotatable bonds is 21. The van der Waals surface area contributed by atoms with E-state index in [1.807, 2.05) is 6.92 Å². The van der Waals surface area contributed by atoms with Gasteiger partial charge in [-0.25, -0.2) is 0 Å². The van der Waals surface area contributed by atoms with Crippen molar-refractivity contribution in [1.29, 1.82) is 0 Å². The highest BCUT2D eigenvalue weighted by Crippen LogP contribution is 2.19. The van der Waals surface area contributed by atoms with E-state index in [9.17, 15) is 9.59 Å². The predicted octanol–water partition coefficient (Wildman–Crippen LogP) is 7.64. The third-order valence-electron chi connectivity index (χ3n) is 6.83. The zero-order valence-corrected chi connectivity index (χ0v) is 23.7. The van der Waals surface area contributed by atoms with Gasteiger partial charge in [0.15, 0.2) is 0 Å². The van der Waals surface area contributed by atoms with Crippen LogP contribution in [-0.4, -0.2) is 49.7 Å². The quantitative estimate of drug-likeness (QED) is 0.0911. The van der Waals surface area contributed by atoms with E-state index >= 15 is 0 Å². The third kappa shape index (κ3) is 17.8. The Morgan fingerprint density at radius 1 is 0.806 bits per heavy atom. The molecule has 0 aromatic carbocycles. The first-order valence-corrected chi connectivity index (χ1v) is 14.9. The summed E-state index contributed by atoms with van der Waals surface area (Å²) in [4.78, 5) is 26.7. The maximum Gasteiger partial charge on any atom is 0.309 e. The SMILES string of the molecule is CCCCC/C=C\C/C=C\CCCCCCCC(=O)OCC(C)COC(=O)C1CCN(CCC)CC1. The molecule has 0 N–H and O–H groups in total. The van der Waals surface area contributed by atoms with Crippen molar-refractivity contribution in [3.63, 3.8) is 0 Å². The van der Waals surface area contributed by atoms with Gasteiger partial charge in [-0.05, 0) is 77.4 Å². The normalized spacial score (nSPS) is 16.1. The lowest BCUT2D eigenvalue weighted by molar-refractivity contribution is -0.153. The van der Waals surface area contributed by atoms with Crippen molar-refractivity contribution < 1.29 is 19.1 Å². The Morgan fingerprint density at radius 2 is 1.42 bits per heavy atom. The highest BCUT2D eigenvalue weighted by Gasteiger charge is 2.26. The van der Waals surface area contributed by atoms with E-state index in [0.717, 1.165) is 64.6 Å². The van der Waals surface area contributed by atoms with Gasteiger partial charge in [-0.2, -0.15) is 0 Å². The number of allylic oxidation sites excluding steroid dienone is 4. The van der Waals surface area contributed by atoms with Crippen molar-refractivity contribution in [3.05, 3.63) is 24.3 Å². The molecule has 0 bridgehead atoms. The Labute approximate surface area is 222 Å². The van der Waals surface area contributed by atoms with Crippen LogP contribution in [0.3, 0.4) is 0 Å². The van der Waals surface area contributed by atoms with E-state index in [2.05, 4.69) is 43.1 Å². The van der Waals surface area contributed by atoms with Crippen molar-refractivity contribution in [3.8, 4) is 0 Å². The number of hydrogen-bond donors (Lipinski definition) is 0. The Bertz CT molecular complexity index is 608. The first-order chi connectivity index (χ1) is 17.6. The van der Waals surface area contributed by atoms with Crippen LogP contribution in [0, 0.1) is 11.8 Å². The molecule has 0 aliphatic carbocycles. The van der Waals surface area contributed by atoms with E-state index in [-0.39, 0.29) is 23.8 Å². The van der Waals surface area contributed by atoms with E-state index in [1.165, 1.54) is 44.9 Å². The van der Waals surface area contributed by atoms with Crippen molar-refractivity contribution in [2.75, 3.05) is 32.8 Å². The summed E-state index contributed by atoms with van der Waals surface area (Å²) in [5, 5.41) is 0. The number of piperidine rings is 1. The average molecular weight is 506 g/mol. The van der Waals surface area contributed by atoms with Crippen LogP contribution in [0.1, 0.15) is 117 Å². The van der Waals surface area contributed by atoms with Gasteiger partial charge in [-0.3, -0.25) is 9.59 Å². The fourth-order valence-electron chi connectivity index (χ4n) is 4.49. The molecule has 1 aliphatic heterocycles. The standard InChI is InChI=1S/C31H55NO4/c1-4-6-7-8-9-10-11-12-13-14-15-16-17-18-19-20-30(33)35-26-28(3)27-36-31(34)29-21-24-32(23-5-2)25-22-29/h9-10,12-13,28-29H,4-8,11,14-27H2,1-3H3/b10-9-,13-12-. The molecule has 0 amide bonds. The van der Waals surface area contributed by atoms with Crippen molar-refractivity contribution in [2.24, 2.45) is 11.8 Å². The van der Waals surface area contributed by atoms with Crippen molar-refractivity contribution >= 4 is 11.9 Å². The van der Waals surface area contributed by atoms with Gasteiger partial charge in [0, 0.05) is 12.3 Å². The molecule has 1 unspecified atom stereocenters. The second-order valence-electron chi connectivity index (χ2n) is 10.5. The number of nitrogens with zero attached hydrogens (tertiary/aromatic N) is 1. The van der Waals surface area contributed by atoms with Gasteiger partial charge in [-0.15, -0.1) is 0 Å². The summed E-state index contributed by atoms with van der Waals surface area (Å²) in [5.74, 6) is -0.176. The molecule has 0 saturated carbocycles. The molecule has 36 heavy (non-hydrogen) atoms. The number of carbonyl (C=O) groups is 2. The highest BCUT2D eigenvalue weighted by atomic mass is 16.5. The van der Waals surface area contributed by atoms with Crippen LogP contribution in [0.5, 0.6) is 0 Å². The summed E-state index contributed by atoms with van der Waals surface area (Å²) in [6.07, 6.45) is 25.4. The topological polar surface area (TPSA) is 55.8 Å². The van der Waals surface area contributed by atoms with Crippen molar-refractivity contribution in [2.45, 2.75) is 117 Å². The number of esters is 2. The maximum atomic E-state index is 12.3. The lowest BCUT2D eigenvalue weighted by Gasteiger charge is -2.30. The fourth-order valence-corrected chi connectivity index (χ4v) is 4.49. The third-order valence-corrected chi connectivity index (χ3v) is 6.83. The minimum absolute atomic E-state index is 0.0196. The molecule has 5 nitrogen and oxygen atoms in total. The summed E-state index contributed by atoms with van der Waals surface area (Å²) in [6, 6.07) is 0. The summed E-state index contributed by atoms with van der Waals surface area (Å²) in [7, 11) is 0. The lowest BCUT2D eigenvalue weighted by atomic mass is 9.97. The summed E-state index contributed by atoms with van der Waals surface area (Å²) >= 11 is 0. The van der Waals surface area contributed by atoms with Crippen LogP contribution in [-0.2, 0) is 19.1 Å². The minimum Gasteiger partial charge on any atom is -0.465 e. The smallest absolute Gasteiger partial charge is 0.309 e. The molecule has 1 fully saturated rings. The molecule has 208 valence electrons. The van der Waals surface area contributed by atoms with Gasteiger partial charge in [-0.1, -0.05) is 77.2 Å². The van der Waals surface area contributed by atoms with Crippen LogP contribution in [0.2, 0.25) is 0 Å². The van der Waals surface area contributed by atoms with E-state index in [4.69, 9.17) is 9.47 Å². The van der Waals surface area contributed by atoms with Gasteiger partial charge in [0.05, 0.1) is 19.1 Å². The van der Waals surface area contributed by atoms with Gasteiger partial charge in [0.2, 0.25) is 0 Å². The molecule has 0 radical (unpaired) electrons. The molecule has 1 saturated heterocycles. The predicted molar refractivity (Wildman–Crippen MR) is 150 cm³/mol. The zero-order valence-electron chi connectivity index (χ0n) is 23.7. The molecule has 0 spiro atoms. The lowest BCUT2D eigenvalue weighted by Crippen LogP contribution is -2.37. The summed E-state index contributed by atoms with van der Waals surface area (Å²) < 4.78 is 10.9. The molecule has 1 aliphatic rings. The molecule has 0 aromatic heterocycles. The van der Waals surface area contributed by atoms with E-state index in [0.29, 0.717) is 19.6 Å². The first-order valence-electron chi connectivity index (χ1n) is 14.9. The first kappa shape index (κ1) is 32.4.